The van der Waals surface area contributed by atoms with E-state index in [1.54, 1.807) is 0 Å². The van der Waals surface area contributed by atoms with Crippen molar-refractivity contribution in [2.75, 3.05) is 8.88 Å². The SMILES string of the molecule is Cc1cc(C)cc(N2P(c3cc(C)cc(C)c3)N=P(c3cc(C)cc(C)c3)(c3cc(C)cc(C)c3)N(c3cc(C)cc(C)c3)P2c2cc(C)cc(C)c2)c1. The number of hydrogen-bond acceptors (Lipinski definition) is 3. The third-order valence-electron chi connectivity index (χ3n) is 9.91. The molecule has 2 unspecified atom stereocenters. The summed E-state index contributed by atoms with van der Waals surface area (Å²) in [5.41, 5.74) is 17.7. The summed E-state index contributed by atoms with van der Waals surface area (Å²) in [4.78, 5) is 0. The largest absolute Gasteiger partial charge is 0.288 e. The third kappa shape index (κ3) is 7.49. The van der Waals surface area contributed by atoms with E-state index in [0.717, 1.165) is 0 Å². The molecular weight excluding hydrogens is 711 g/mol. The zero-order chi connectivity index (χ0) is 38.6. The normalized spacial score (nSPS) is 16.7. The second-order valence-electron chi connectivity index (χ2n) is 15.9. The fourth-order valence-corrected chi connectivity index (χ4v) is 21.5. The van der Waals surface area contributed by atoms with E-state index in [2.05, 4.69) is 201 Å². The summed E-state index contributed by atoms with van der Waals surface area (Å²) in [5.74, 6) is 0. The van der Waals surface area contributed by atoms with Gasteiger partial charge >= 0.3 is 0 Å². The first-order valence-electron chi connectivity index (χ1n) is 18.9. The van der Waals surface area contributed by atoms with Crippen LogP contribution in [0.3, 0.4) is 0 Å². The monoisotopic (exact) mass is 765 g/mol. The van der Waals surface area contributed by atoms with Crippen LogP contribution in [-0.2, 0) is 0 Å². The van der Waals surface area contributed by atoms with Crippen LogP contribution in [0.25, 0.3) is 0 Å². The Hall–Kier alpha value is -3.99. The minimum absolute atomic E-state index is 1.23. The molecule has 276 valence electrons. The molecule has 1 aliphatic heterocycles. The Labute approximate surface area is 327 Å². The fourth-order valence-electron chi connectivity index (χ4n) is 8.35. The molecule has 7 rings (SSSR count). The number of hydrogen-bond donors (Lipinski definition) is 0. The Morgan fingerprint density at radius 1 is 0.352 bits per heavy atom. The number of aryl methyl sites for hydroxylation is 12. The number of benzene rings is 6. The highest BCUT2D eigenvalue weighted by Gasteiger charge is 2.49. The number of anilines is 2. The van der Waals surface area contributed by atoms with Gasteiger partial charge in [0.1, 0.15) is 15.4 Å². The molecule has 0 fully saturated rings. The number of rotatable bonds is 6. The maximum Gasteiger partial charge on any atom is 0.155 e. The topological polar surface area (TPSA) is 18.8 Å². The summed E-state index contributed by atoms with van der Waals surface area (Å²) in [5, 5.41) is 5.29. The van der Waals surface area contributed by atoms with Gasteiger partial charge in [-0.3, -0.25) is 8.88 Å². The van der Waals surface area contributed by atoms with Crippen LogP contribution in [-0.4, -0.2) is 0 Å². The lowest BCUT2D eigenvalue weighted by molar-refractivity contribution is 1.34. The third-order valence-corrected chi connectivity index (χ3v) is 19.9. The summed E-state index contributed by atoms with van der Waals surface area (Å²) >= 11 is 0. The van der Waals surface area contributed by atoms with Crippen molar-refractivity contribution in [3.63, 3.8) is 0 Å². The molecule has 0 saturated carbocycles. The van der Waals surface area contributed by atoms with Crippen molar-refractivity contribution in [3.05, 3.63) is 176 Å². The van der Waals surface area contributed by atoms with Crippen molar-refractivity contribution in [2.24, 2.45) is 4.52 Å². The van der Waals surface area contributed by atoms with E-state index in [-0.39, 0.29) is 0 Å². The van der Waals surface area contributed by atoms with E-state index in [4.69, 9.17) is 4.52 Å². The van der Waals surface area contributed by atoms with Crippen molar-refractivity contribution in [3.8, 4) is 0 Å². The molecule has 0 amide bonds. The minimum Gasteiger partial charge on any atom is -0.288 e. The Bertz CT molecular complexity index is 2300. The Balaban J connectivity index is 1.79. The van der Waals surface area contributed by atoms with Crippen LogP contribution in [0.5, 0.6) is 0 Å². The first-order valence-corrected chi connectivity index (χ1v) is 23.1. The average molecular weight is 766 g/mol. The van der Waals surface area contributed by atoms with E-state index >= 15 is 0 Å². The second-order valence-corrected chi connectivity index (χ2v) is 23.3. The summed E-state index contributed by atoms with van der Waals surface area (Å²) in [6.45, 7) is 27.0. The standard InChI is InChI=1S/C48H54N3P3/c1-31-13-32(2)20-43(19-31)50-52(45-23-35(5)15-36(6)24-45)49-54(47-27-39(9)17-40(10)28-47,48-29-41(11)18-42(12)30-48)51(44-21-33(3)14-34(4)22-44)53(50)46-25-37(7)16-38(8)26-46/h13-30H,1-12H3. The van der Waals surface area contributed by atoms with Gasteiger partial charge in [-0.2, -0.15) is 0 Å². The Morgan fingerprint density at radius 2 is 0.648 bits per heavy atom. The Morgan fingerprint density at radius 3 is 1.02 bits per heavy atom. The molecular formula is C48H54N3P3. The predicted octanol–water partition coefficient (Wildman–Crippen LogP) is 12.8. The molecule has 0 spiro atoms. The smallest absolute Gasteiger partial charge is 0.155 e. The van der Waals surface area contributed by atoms with Gasteiger partial charge < -0.3 is 0 Å². The van der Waals surface area contributed by atoms with Gasteiger partial charge in [0.25, 0.3) is 0 Å². The highest BCUT2D eigenvalue weighted by Crippen LogP contribution is 2.77. The highest BCUT2D eigenvalue weighted by molar-refractivity contribution is 8.02. The summed E-state index contributed by atoms with van der Waals surface area (Å²) in [7, 11) is -5.28. The van der Waals surface area contributed by atoms with Crippen LogP contribution in [0.4, 0.5) is 11.4 Å². The lowest BCUT2D eigenvalue weighted by Gasteiger charge is -2.54. The van der Waals surface area contributed by atoms with Crippen LogP contribution in [0.1, 0.15) is 66.8 Å². The molecule has 6 heteroatoms. The summed E-state index contributed by atoms with van der Waals surface area (Å²) < 4.78 is 12.2. The van der Waals surface area contributed by atoms with Crippen LogP contribution < -0.4 is 30.1 Å². The lowest BCUT2D eigenvalue weighted by Crippen LogP contribution is -2.40. The van der Waals surface area contributed by atoms with Crippen molar-refractivity contribution < 1.29 is 0 Å². The minimum atomic E-state index is -2.79. The van der Waals surface area contributed by atoms with Crippen molar-refractivity contribution in [2.45, 2.75) is 83.1 Å². The van der Waals surface area contributed by atoms with Gasteiger partial charge in [-0.15, -0.1) is 0 Å². The molecule has 0 saturated heterocycles. The second kappa shape index (κ2) is 14.9. The van der Waals surface area contributed by atoms with Gasteiger partial charge in [-0.1, -0.05) is 80.9 Å². The zero-order valence-corrected chi connectivity index (χ0v) is 36.8. The molecule has 0 N–H and O–H groups in total. The molecule has 6 aromatic rings. The van der Waals surface area contributed by atoms with Gasteiger partial charge in [-0.25, -0.2) is 4.52 Å². The predicted molar refractivity (Wildman–Crippen MR) is 242 cm³/mol. The lowest BCUT2D eigenvalue weighted by atomic mass is 10.1. The molecule has 54 heavy (non-hydrogen) atoms. The quantitative estimate of drug-likeness (QED) is 0.157. The molecule has 0 aromatic heterocycles. The maximum absolute atomic E-state index is 6.57. The Kier molecular flexibility index (Phi) is 10.6. The molecule has 0 aliphatic carbocycles. The van der Waals surface area contributed by atoms with E-state index in [0.29, 0.717) is 0 Å². The van der Waals surface area contributed by atoms with Gasteiger partial charge in [0, 0.05) is 32.6 Å². The van der Waals surface area contributed by atoms with Gasteiger partial charge in [0.05, 0.1) is 0 Å². The zero-order valence-electron chi connectivity index (χ0n) is 34.1. The van der Waals surface area contributed by atoms with Crippen LogP contribution >= 0.6 is 23.7 Å². The number of nitrogens with zero attached hydrogens (tertiary/aromatic N) is 3. The van der Waals surface area contributed by atoms with Gasteiger partial charge in [0.15, 0.2) is 8.22 Å². The summed E-state index contributed by atoms with van der Waals surface area (Å²) in [6.07, 6.45) is 0. The molecule has 1 aliphatic rings. The van der Waals surface area contributed by atoms with Crippen molar-refractivity contribution >= 4 is 56.2 Å². The van der Waals surface area contributed by atoms with Crippen LogP contribution in [0.15, 0.2) is 114 Å². The van der Waals surface area contributed by atoms with E-state index in [1.165, 1.54) is 99.4 Å². The van der Waals surface area contributed by atoms with E-state index < -0.39 is 23.7 Å². The first-order chi connectivity index (χ1) is 25.6. The molecule has 0 radical (unpaired) electrons. The summed E-state index contributed by atoms with van der Waals surface area (Å²) in [6, 6.07) is 43.1. The molecule has 2 atom stereocenters. The van der Waals surface area contributed by atoms with E-state index in [9.17, 15) is 0 Å². The maximum atomic E-state index is 6.57. The van der Waals surface area contributed by atoms with Crippen LogP contribution in [0, 0.1) is 83.1 Å². The van der Waals surface area contributed by atoms with E-state index in [1.807, 2.05) is 0 Å². The molecule has 3 nitrogen and oxygen atoms in total. The average Bonchev–Trinajstić information content (AvgIpc) is 3.04. The fraction of sp³-hybridized carbons (Fsp3) is 0.250. The highest BCUT2D eigenvalue weighted by atomic mass is 31.3. The molecule has 0 bridgehead atoms. The van der Waals surface area contributed by atoms with Crippen LogP contribution in [0.2, 0.25) is 0 Å². The van der Waals surface area contributed by atoms with Crippen molar-refractivity contribution in [1.29, 1.82) is 0 Å². The van der Waals surface area contributed by atoms with Crippen molar-refractivity contribution in [1.82, 2.24) is 0 Å². The molecule has 1 heterocycles. The van der Waals surface area contributed by atoms with Gasteiger partial charge in [-0.05, 0) is 178 Å². The molecule has 6 aromatic carbocycles. The van der Waals surface area contributed by atoms with Gasteiger partial charge in [0.2, 0.25) is 0 Å². The first kappa shape index (κ1) is 38.3.